The third-order valence-electron chi connectivity index (χ3n) is 5.79. The lowest BCUT2D eigenvalue weighted by molar-refractivity contribution is -0.119. The molecule has 6 heteroatoms. The van der Waals surface area contributed by atoms with E-state index < -0.39 is 10.0 Å². The van der Waals surface area contributed by atoms with Gasteiger partial charge in [-0.15, -0.1) is 0 Å². The van der Waals surface area contributed by atoms with E-state index >= 15 is 0 Å². The van der Waals surface area contributed by atoms with Crippen molar-refractivity contribution in [2.45, 2.75) is 43.9 Å². The summed E-state index contributed by atoms with van der Waals surface area (Å²) < 4.78 is 28.2. The zero-order valence-electron chi connectivity index (χ0n) is 17.8. The number of benzene rings is 2. The number of hydrogen-bond acceptors (Lipinski definition) is 4. The van der Waals surface area contributed by atoms with Crippen LogP contribution in [0.25, 0.3) is 0 Å². The van der Waals surface area contributed by atoms with E-state index in [9.17, 15) is 13.2 Å². The number of rotatable bonds is 6. The van der Waals surface area contributed by atoms with Gasteiger partial charge in [0.15, 0.2) is 0 Å². The number of aromatic nitrogens is 1. The van der Waals surface area contributed by atoms with Crippen LogP contribution in [0, 0.1) is 6.92 Å². The summed E-state index contributed by atoms with van der Waals surface area (Å²) in [6.07, 6.45) is 3.37. The normalized spacial score (nSPS) is 14.7. The molecule has 0 fully saturated rings. The smallest absolute Gasteiger partial charge is 0.264 e. The van der Waals surface area contributed by atoms with Crippen LogP contribution in [0.1, 0.15) is 41.6 Å². The van der Waals surface area contributed by atoms with Gasteiger partial charge in [-0.05, 0) is 54.7 Å². The molecule has 0 amide bonds. The monoisotopic (exact) mass is 434 g/mol. The first kappa shape index (κ1) is 21.2. The second-order valence-corrected chi connectivity index (χ2v) is 9.94. The molecular weight excluding hydrogens is 408 g/mol. The predicted octanol–water partition coefficient (Wildman–Crippen LogP) is 4.45. The number of ketones is 1. The highest BCUT2D eigenvalue weighted by Gasteiger charge is 2.30. The van der Waals surface area contributed by atoms with Gasteiger partial charge >= 0.3 is 0 Å². The van der Waals surface area contributed by atoms with Crippen LogP contribution in [0.15, 0.2) is 71.8 Å². The van der Waals surface area contributed by atoms with E-state index in [4.69, 9.17) is 0 Å². The molecule has 3 aromatic rings. The molecule has 0 N–H and O–H groups in total. The number of anilines is 1. The molecule has 0 unspecified atom stereocenters. The molecule has 2 heterocycles. The lowest BCUT2D eigenvalue weighted by atomic mass is 9.93. The van der Waals surface area contributed by atoms with Gasteiger partial charge in [0.05, 0.1) is 16.3 Å². The molecular formula is C25H26N2O3S. The fourth-order valence-corrected chi connectivity index (χ4v) is 5.60. The summed E-state index contributed by atoms with van der Waals surface area (Å²) in [5.74, 6) is -0.152. The third-order valence-corrected chi connectivity index (χ3v) is 7.60. The number of hydrogen-bond donors (Lipinski definition) is 0. The maximum absolute atomic E-state index is 13.4. The highest BCUT2D eigenvalue weighted by Crippen LogP contribution is 2.32. The van der Waals surface area contributed by atoms with Gasteiger partial charge < -0.3 is 0 Å². The minimum atomic E-state index is -3.69. The largest absolute Gasteiger partial charge is 0.299 e. The van der Waals surface area contributed by atoms with E-state index in [-0.39, 0.29) is 23.0 Å². The Kier molecular flexibility index (Phi) is 5.92. The number of carbonyl (C=O) groups excluding carboxylic acids is 1. The maximum atomic E-state index is 13.4. The summed E-state index contributed by atoms with van der Waals surface area (Å²) in [5, 5.41) is 0. The fraction of sp³-hybridized carbons (Fsp3) is 0.280. The van der Waals surface area contributed by atoms with E-state index in [1.807, 2.05) is 56.3 Å². The third kappa shape index (κ3) is 4.39. The Morgan fingerprint density at radius 2 is 1.87 bits per heavy atom. The fourth-order valence-electron chi connectivity index (χ4n) is 3.97. The Balaban J connectivity index is 1.63. The van der Waals surface area contributed by atoms with Gasteiger partial charge in [0.25, 0.3) is 10.0 Å². The van der Waals surface area contributed by atoms with Crippen molar-refractivity contribution in [3.63, 3.8) is 0 Å². The first-order valence-electron chi connectivity index (χ1n) is 10.5. The van der Waals surface area contributed by atoms with Crippen LogP contribution in [0.2, 0.25) is 0 Å². The first-order valence-corrected chi connectivity index (χ1v) is 11.9. The lowest BCUT2D eigenvalue weighted by Crippen LogP contribution is -2.36. The summed E-state index contributed by atoms with van der Waals surface area (Å²) >= 11 is 0. The molecule has 0 radical (unpaired) electrons. The van der Waals surface area contributed by atoms with Crippen LogP contribution in [0.5, 0.6) is 0 Å². The minimum Gasteiger partial charge on any atom is -0.299 e. The van der Waals surface area contributed by atoms with E-state index in [0.717, 1.165) is 28.8 Å². The van der Waals surface area contributed by atoms with E-state index in [1.54, 1.807) is 24.4 Å². The molecule has 0 saturated heterocycles. The Morgan fingerprint density at radius 3 is 2.61 bits per heavy atom. The molecule has 4 rings (SSSR count). The predicted molar refractivity (Wildman–Crippen MR) is 122 cm³/mol. The molecule has 0 spiro atoms. The van der Waals surface area contributed by atoms with Crippen molar-refractivity contribution in [1.29, 1.82) is 0 Å². The number of carbonyl (C=O) groups is 1. The van der Waals surface area contributed by atoms with Gasteiger partial charge in [-0.2, -0.15) is 0 Å². The van der Waals surface area contributed by atoms with Gasteiger partial charge in [-0.25, -0.2) is 8.42 Å². The molecule has 1 aliphatic rings. The standard InChI is InChI=1S/C25H26N2O3S/c1-18-8-6-11-22(14-18)31(29,30)27-13-7-12-23-24(27)15-20(17-26-23)16-25(28)19(2)21-9-4-3-5-10-21/h3-6,8-11,14-15,17,19H,7,12-13,16H2,1-2H3/t19-/m0/s1. The SMILES string of the molecule is Cc1cccc(S(=O)(=O)N2CCCc3ncc(CC(=O)[C@@H](C)c4ccccc4)cc32)c1. The number of aryl methyl sites for hydroxylation is 2. The number of nitrogens with zero attached hydrogens (tertiary/aromatic N) is 2. The summed E-state index contributed by atoms with van der Waals surface area (Å²) in [7, 11) is -3.69. The molecule has 31 heavy (non-hydrogen) atoms. The van der Waals surface area contributed by atoms with Crippen molar-refractivity contribution < 1.29 is 13.2 Å². The summed E-state index contributed by atoms with van der Waals surface area (Å²) in [5.41, 5.74) is 3.95. The van der Waals surface area contributed by atoms with Crippen molar-refractivity contribution in [2.24, 2.45) is 0 Å². The lowest BCUT2D eigenvalue weighted by Gasteiger charge is -2.30. The van der Waals surface area contributed by atoms with Crippen LogP contribution in [0.3, 0.4) is 0 Å². The van der Waals surface area contributed by atoms with Gasteiger partial charge in [-0.1, -0.05) is 49.4 Å². The number of sulfonamides is 1. The molecule has 1 aliphatic heterocycles. The zero-order valence-corrected chi connectivity index (χ0v) is 18.6. The first-order chi connectivity index (χ1) is 14.9. The topological polar surface area (TPSA) is 67.3 Å². The zero-order chi connectivity index (χ0) is 22.0. The summed E-state index contributed by atoms with van der Waals surface area (Å²) in [4.78, 5) is 17.7. The molecule has 0 saturated carbocycles. The number of fused-ring (bicyclic) bond motifs is 1. The van der Waals surface area contributed by atoms with E-state index in [2.05, 4.69) is 4.98 Å². The summed E-state index contributed by atoms with van der Waals surface area (Å²) in [6.45, 7) is 4.18. The summed E-state index contributed by atoms with van der Waals surface area (Å²) in [6, 6.07) is 18.4. The Labute approximate surface area is 183 Å². The highest BCUT2D eigenvalue weighted by molar-refractivity contribution is 7.92. The number of Topliss-reactive ketones (excluding diaryl/α,β-unsaturated/α-hetero) is 1. The van der Waals surface area contributed by atoms with Crippen molar-refractivity contribution in [2.75, 3.05) is 10.8 Å². The Bertz CT molecular complexity index is 1210. The quantitative estimate of drug-likeness (QED) is 0.575. The molecule has 1 atom stereocenters. The van der Waals surface area contributed by atoms with E-state index in [1.165, 1.54) is 4.31 Å². The Morgan fingerprint density at radius 1 is 1.10 bits per heavy atom. The highest BCUT2D eigenvalue weighted by atomic mass is 32.2. The number of pyridine rings is 1. The van der Waals surface area contributed by atoms with Gasteiger partial charge in [0, 0.05) is 25.1 Å². The molecule has 0 aliphatic carbocycles. The van der Waals surface area contributed by atoms with Crippen LogP contribution < -0.4 is 4.31 Å². The van der Waals surface area contributed by atoms with Gasteiger partial charge in [-0.3, -0.25) is 14.1 Å². The van der Waals surface area contributed by atoms with Crippen molar-refractivity contribution >= 4 is 21.5 Å². The second kappa shape index (κ2) is 8.63. The Hall–Kier alpha value is -2.99. The molecule has 2 aromatic carbocycles. The van der Waals surface area contributed by atoms with Crippen molar-refractivity contribution in [1.82, 2.24) is 4.98 Å². The van der Waals surface area contributed by atoms with Crippen LogP contribution in [0.4, 0.5) is 5.69 Å². The maximum Gasteiger partial charge on any atom is 0.264 e. The van der Waals surface area contributed by atoms with E-state index in [0.29, 0.717) is 18.7 Å². The van der Waals surface area contributed by atoms with Crippen LogP contribution >= 0.6 is 0 Å². The van der Waals surface area contributed by atoms with Crippen LogP contribution in [-0.4, -0.2) is 25.7 Å². The molecule has 160 valence electrons. The average molecular weight is 435 g/mol. The molecule has 0 bridgehead atoms. The molecule has 5 nitrogen and oxygen atoms in total. The van der Waals surface area contributed by atoms with Gasteiger partial charge in [0.1, 0.15) is 5.78 Å². The molecule has 1 aromatic heterocycles. The van der Waals surface area contributed by atoms with Crippen LogP contribution in [-0.2, 0) is 27.7 Å². The minimum absolute atomic E-state index is 0.0804. The second-order valence-electron chi connectivity index (χ2n) is 8.08. The van der Waals surface area contributed by atoms with Gasteiger partial charge in [0.2, 0.25) is 0 Å². The van der Waals surface area contributed by atoms with Crippen molar-refractivity contribution in [3.05, 3.63) is 89.2 Å². The van der Waals surface area contributed by atoms with Crippen molar-refractivity contribution in [3.8, 4) is 0 Å². The average Bonchev–Trinajstić information content (AvgIpc) is 2.78.